The van der Waals surface area contributed by atoms with Crippen molar-refractivity contribution in [1.82, 2.24) is 0 Å². The van der Waals surface area contributed by atoms with Gasteiger partial charge in [-0.15, -0.1) is 0 Å². The number of rotatable bonds is 13. The van der Waals surface area contributed by atoms with Gasteiger partial charge in [0.25, 0.3) is 0 Å². The van der Waals surface area contributed by atoms with Crippen LogP contribution in [0.1, 0.15) is 64.7 Å². The molecule has 0 unspecified atom stereocenters. The fourth-order valence-electron chi connectivity index (χ4n) is 3.91. The number of ketones is 1. The summed E-state index contributed by atoms with van der Waals surface area (Å²) in [7, 11) is 0. The number of hydrogen-bond donors (Lipinski definition) is 1. The molecule has 0 aromatic heterocycles. The second-order valence-corrected chi connectivity index (χ2v) is 8.69. The van der Waals surface area contributed by atoms with Crippen LogP contribution in [0.2, 0.25) is 0 Å². The average Bonchev–Trinajstić information content (AvgIpc) is 3.18. The highest BCUT2D eigenvalue weighted by atomic mass is 32.2. The van der Waals surface area contributed by atoms with Crippen LogP contribution in [0.5, 0.6) is 0 Å². The lowest BCUT2D eigenvalue weighted by Gasteiger charge is -2.27. The number of allylic oxidation sites excluding steroid dienone is 2. The summed E-state index contributed by atoms with van der Waals surface area (Å²) in [6.45, 7) is 3.73. The molecule has 4 atom stereocenters. The van der Waals surface area contributed by atoms with Crippen molar-refractivity contribution in [1.29, 1.82) is 0 Å². The number of aliphatic carboxylic acids is 1. The Morgan fingerprint density at radius 3 is 2.72 bits per heavy atom. The number of carbonyl (C=O) groups is 2. The van der Waals surface area contributed by atoms with Gasteiger partial charge in [-0.1, -0.05) is 32.3 Å². The fraction of sp³-hybridized carbons (Fsp3) is 0.800. The van der Waals surface area contributed by atoms with Crippen molar-refractivity contribution in [2.45, 2.75) is 75.2 Å². The van der Waals surface area contributed by atoms with E-state index in [-0.39, 0.29) is 18.1 Å². The third-order valence-electron chi connectivity index (χ3n) is 5.25. The first kappa shape index (κ1) is 20.5. The molecule has 0 aromatic carbocycles. The summed E-state index contributed by atoms with van der Waals surface area (Å²) in [6.07, 6.45) is 12.2. The molecule has 4 nitrogen and oxygen atoms in total. The normalized spacial score (nSPS) is 28.0. The molecule has 2 rings (SSSR count). The Morgan fingerprint density at radius 1 is 1.16 bits per heavy atom. The van der Waals surface area contributed by atoms with Gasteiger partial charge >= 0.3 is 5.97 Å². The molecule has 2 fully saturated rings. The predicted molar refractivity (Wildman–Crippen MR) is 102 cm³/mol. The molecule has 5 heteroatoms. The van der Waals surface area contributed by atoms with E-state index in [2.05, 4.69) is 6.92 Å². The lowest BCUT2D eigenvalue weighted by molar-refractivity contribution is -0.137. The second kappa shape index (κ2) is 11.0. The first-order valence-corrected chi connectivity index (χ1v) is 10.7. The summed E-state index contributed by atoms with van der Waals surface area (Å²) in [5.41, 5.74) is 0. The highest BCUT2D eigenvalue weighted by molar-refractivity contribution is 8.01. The van der Waals surface area contributed by atoms with Crippen molar-refractivity contribution in [2.75, 3.05) is 13.2 Å². The molecule has 25 heavy (non-hydrogen) atoms. The van der Waals surface area contributed by atoms with Crippen molar-refractivity contribution in [2.24, 2.45) is 11.8 Å². The van der Waals surface area contributed by atoms with Crippen LogP contribution in [-0.4, -0.2) is 40.6 Å². The number of carbonyl (C=O) groups excluding carboxylic acids is 1. The quantitative estimate of drug-likeness (QED) is 0.384. The molecule has 0 aliphatic carbocycles. The van der Waals surface area contributed by atoms with Gasteiger partial charge in [0.15, 0.2) is 5.78 Å². The molecule has 0 spiro atoms. The number of ether oxygens (including phenoxy) is 1. The fourth-order valence-corrected chi connectivity index (χ4v) is 5.86. The third-order valence-corrected chi connectivity index (χ3v) is 7.06. The van der Waals surface area contributed by atoms with Gasteiger partial charge in [-0.3, -0.25) is 9.59 Å². The van der Waals surface area contributed by atoms with Gasteiger partial charge in [0.1, 0.15) is 0 Å². The summed E-state index contributed by atoms with van der Waals surface area (Å²) < 4.78 is 5.91. The molecule has 0 amide bonds. The third kappa shape index (κ3) is 6.45. The molecule has 2 aliphatic heterocycles. The van der Waals surface area contributed by atoms with Crippen LogP contribution in [-0.2, 0) is 14.3 Å². The van der Waals surface area contributed by atoms with Crippen molar-refractivity contribution >= 4 is 23.5 Å². The largest absolute Gasteiger partial charge is 0.481 e. The molecular formula is C20H32O4S. The molecule has 0 aromatic rings. The van der Waals surface area contributed by atoms with E-state index in [0.29, 0.717) is 35.9 Å². The van der Waals surface area contributed by atoms with E-state index in [0.717, 1.165) is 19.4 Å². The van der Waals surface area contributed by atoms with E-state index in [9.17, 15) is 9.59 Å². The summed E-state index contributed by atoms with van der Waals surface area (Å²) >= 11 is 1.98. The van der Waals surface area contributed by atoms with Crippen LogP contribution in [0.15, 0.2) is 12.2 Å². The maximum atomic E-state index is 12.6. The molecule has 2 saturated heterocycles. The molecule has 1 N–H and O–H groups in total. The van der Waals surface area contributed by atoms with Gasteiger partial charge in [0.05, 0.1) is 6.61 Å². The summed E-state index contributed by atoms with van der Waals surface area (Å²) in [6, 6.07) is 0. The van der Waals surface area contributed by atoms with Crippen LogP contribution in [0.3, 0.4) is 0 Å². The lowest BCUT2D eigenvalue weighted by Crippen LogP contribution is -2.35. The van der Waals surface area contributed by atoms with Gasteiger partial charge < -0.3 is 9.84 Å². The molecule has 2 aliphatic rings. The van der Waals surface area contributed by atoms with Gasteiger partial charge in [-0.05, 0) is 38.2 Å². The smallest absolute Gasteiger partial charge is 0.303 e. The first-order valence-electron chi connectivity index (χ1n) is 9.78. The number of carboxylic acids is 1. The zero-order valence-electron chi connectivity index (χ0n) is 15.3. The molecule has 2 bridgehead atoms. The van der Waals surface area contributed by atoms with Gasteiger partial charge in [-0.25, -0.2) is 0 Å². The number of thioether (sulfide) groups is 1. The van der Waals surface area contributed by atoms with E-state index < -0.39 is 5.97 Å². The minimum absolute atomic E-state index is 0.0927. The Balaban J connectivity index is 1.75. The average molecular weight is 369 g/mol. The Labute approximate surface area is 155 Å². The van der Waals surface area contributed by atoms with Gasteiger partial charge in [0, 0.05) is 35.4 Å². The van der Waals surface area contributed by atoms with E-state index in [1.54, 1.807) is 6.08 Å². The standard InChI is InChI=1S/C20H32O4S/c1-2-3-4-8-13-24-14-15-17-11-12-18(25-17)20(15)16(21)9-6-5-7-10-19(22)23/h6,9,15,17-18,20H,2-5,7-8,10-14H2,1H3,(H,22,23)/t15-,17+,18-,20+/m1/s1. The van der Waals surface area contributed by atoms with Crippen molar-refractivity contribution in [3.05, 3.63) is 12.2 Å². The van der Waals surface area contributed by atoms with Crippen molar-refractivity contribution < 1.29 is 19.4 Å². The predicted octanol–water partition coefficient (Wildman–Crippen LogP) is 4.47. The van der Waals surface area contributed by atoms with Crippen LogP contribution in [0, 0.1) is 11.8 Å². The van der Waals surface area contributed by atoms with E-state index in [4.69, 9.17) is 9.84 Å². The van der Waals surface area contributed by atoms with Gasteiger partial charge in [-0.2, -0.15) is 11.8 Å². The zero-order chi connectivity index (χ0) is 18.1. The second-order valence-electron chi connectivity index (χ2n) is 7.21. The number of unbranched alkanes of at least 4 members (excludes halogenated alkanes) is 4. The minimum Gasteiger partial charge on any atom is -0.481 e. The Hall–Kier alpha value is -0.810. The van der Waals surface area contributed by atoms with E-state index >= 15 is 0 Å². The maximum Gasteiger partial charge on any atom is 0.303 e. The molecule has 0 radical (unpaired) electrons. The first-order chi connectivity index (χ1) is 12.1. The number of hydrogen-bond acceptors (Lipinski definition) is 4. The summed E-state index contributed by atoms with van der Waals surface area (Å²) in [5.74, 6) is -0.115. The molecular weight excluding hydrogens is 336 g/mol. The highest BCUT2D eigenvalue weighted by Gasteiger charge is 2.50. The van der Waals surface area contributed by atoms with Crippen molar-refractivity contribution in [3.63, 3.8) is 0 Å². The maximum absolute atomic E-state index is 12.6. The number of fused-ring (bicyclic) bond motifs is 2. The monoisotopic (exact) mass is 368 g/mol. The van der Waals surface area contributed by atoms with Crippen LogP contribution in [0.4, 0.5) is 0 Å². The zero-order valence-corrected chi connectivity index (χ0v) is 16.1. The SMILES string of the molecule is CCCCCCOC[C@H]1[C@@H](C(=O)C=CCCCC(=O)O)[C@H]2CC[C@@H]1S2. The Kier molecular flexibility index (Phi) is 9.04. The Morgan fingerprint density at radius 2 is 1.96 bits per heavy atom. The molecule has 142 valence electrons. The van der Waals surface area contributed by atoms with Crippen molar-refractivity contribution in [3.8, 4) is 0 Å². The van der Waals surface area contributed by atoms with E-state index in [1.807, 2.05) is 17.8 Å². The highest BCUT2D eigenvalue weighted by Crippen LogP contribution is 2.53. The van der Waals surface area contributed by atoms with E-state index in [1.165, 1.54) is 25.7 Å². The van der Waals surface area contributed by atoms with Crippen LogP contribution >= 0.6 is 11.8 Å². The lowest BCUT2D eigenvalue weighted by atomic mass is 9.77. The topological polar surface area (TPSA) is 63.6 Å². The Bertz CT molecular complexity index is 463. The molecule has 0 saturated carbocycles. The van der Waals surface area contributed by atoms with Crippen LogP contribution in [0.25, 0.3) is 0 Å². The molecule has 2 heterocycles. The summed E-state index contributed by atoms with van der Waals surface area (Å²) in [5, 5.41) is 9.68. The van der Waals surface area contributed by atoms with Crippen LogP contribution < -0.4 is 0 Å². The van der Waals surface area contributed by atoms with Gasteiger partial charge in [0.2, 0.25) is 0 Å². The minimum atomic E-state index is -0.777. The summed E-state index contributed by atoms with van der Waals surface area (Å²) in [4.78, 5) is 23.2. The number of carboxylic acid groups (broad SMARTS) is 1.